The standard InChI is InChI=1S/C19H19N5OS/c25-18(22-19-23-21-13-26-19)16-6-7-17(20-11-16)24-9-8-15(12-24)10-14-4-2-1-3-5-14/h1-7,11,13,15H,8-10,12H2,(H,22,23,25). The predicted octanol–water partition coefficient (Wildman–Crippen LogP) is 3.25. The Morgan fingerprint density at radius 3 is 2.85 bits per heavy atom. The average Bonchev–Trinajstić information content (AvgIpc) is 3.35. The average molecular weight is 365 g/mol. The van der Waals surface area contributed by atoms with Crippen LogP contribution in [-0.2, 0) is 6.42 Å². The Bertz CT molecular complexity index is 851. The minimum Gasteiger partial charge on any atom is -0.356 e. The molecule has 0 spiro atoms. The topological polar surface area (TPSA) is 71.0 Å². The van der Waals surface area contributed by atoms with Crippen molar-refractivity contribution in [1.29, 1.82) is 0 Å². The van der Waals surface area contributed by atoms with E-state index in [0.29, 0.717) is 16.6 Å². The molecule has 4 rings (SSSR count). The third-order valence-electron chi connectivity index (χ3n) is 4.57. The first-order valence-corrected chi connectivity index (χ1v) is 9.48. The summed E-state index contributed by atoms with van der Waals surface area (Å²) in [4.78, 5) is 19.0. The van der Waals surface area contributed by atoms with Gasteiger partial charge in [0, 0.05) is 19.3 Å². The third-order valence-corrected chi connectivity index (χ3v) is 5.17. The Morgan fingerprint density at radius 1 is 1.23 bits per heavy atom. The van der Waals surface area contributed by atoms with E-state index in [1.54, 1.807) is 11.7 Å². The highest BCUT2D eigenvalue weighted by molar-refractivity contribution is 7.13. The summed E-state index contributed by atoms with van der Waals surface area (Å²) in [6.45, 7) is 2.00. The minimum atomic E-state index is -0.218. The van der Waals surface area contributed by atoms with Crippen molar-refractivity contribution in [3.05, 3.63) is 65.3 Å². The van der Waals surface area contributed by atoms with Crippen molar-refractivity contribution < 1.29 is 4.79 Å². The molecule has 3 heterocycles. The van der Waals surface area contributed by atoms with Gasteiger partial charge in [-0.05, 0) is 36.5 Å². The summed E-state index contributed by atoms with van der Waals surface area (Å²) < 4.78 is 0. The minimum absolute atomic E-state index is 0.218. The number of anilines is 2. The number of benzene rings is 1. The second-order valence-electron chi connectivity index (χ2n) is 6.39. The monoisotopic (exact) mass is 365 g/mol. The Morgan fingerprint density at radius 2 is 2.12 bits per heavy atom. The number of hydrogen-bond donors (Lipinski definition) is 1. The Labute approximate surface area is 155 Å². The fourth-order valence-electron chi connectivity index (χ4n) is 3.26. The molecule has 1 atom stereocenters. The van der Waals surface area contributed by atoms with Crippen LogP contribution in [0.5, 0.6) is 0 Å². The summed E-state index contributed by atoms with van der Waals surface area (Å²) in [7, 11) is 0. The molecule has 1 aliphatic rings. The van der Waals surface area contributed by atoms with E-state index >= 15 is 0 Å². The molecule has 1 unspecified atom stereocenters. The van der Waals surface area contributed by atoms with E-state index in [9.17, 15) is 4.79 Å². The van der Waals surface area contributed by atoms with Crippen LogP contribution in [0.25, 0.3) is 0 Å². The van der Waals surface area contributed by atoms with Gasteiger partial charge in [0.1, 0.15) is 11.3 Å². The second-order valence-corrected chi connectivity index (χ2v) is 7.23. The van der Waals surface area contributed by atoms with Crippen LogP contribution in [0.1, 0.15) is 22.3 Å². The molecule has 0 radical (unpaired) electrons. The maximum Gasteiger partial charge on any atom is 0.259 e. The van der Waals surface area contributed by atoms with Crippen LogP contribution >= 0.6 is 11.3 Å². The van der Waals surface area contributed by atoms with Crippen LogP contribution in [0.15, 0.2) is 54.2 Å². The lowest BCUT2D eigenvalue weighted by molar-refractivity contribution is 0.102. The molecule has 1 amide bonds. The smallest absolute Gasteiger partial charge is 0.259 e. The number of rotatable bonds is 5. The molecule has 1 fully saturated rings. The van der Waals surface area contributed by atoms with Gasteiger partial charge < -0.3 is 4.90 Å². The lowest BCUT2D eigenvalue weighted by Gasteiger charge is -2.17. The zero-order valence-corrected chi connectivity index (χ0v) is 15.0. The fraction of sp³-hybridized carbons (Fsp3) is 0.263. The van der Waals surface area contributed by atoms with E-state index in [4.69, 9.17) is 0 Å². The van der Waals surface area contributed by atoms with E-state index in [1.807, 2.05) is 12.1 Å². The first kappa shape index (κ1) is 16.7. The summed E-state index contributed by atoms with van der Waals surface area (Å²) >= 11 is 1.29. The summed E-state index contributed by atoms with van der Waals surface area (Å²) in [5, 5.41) is 10.7. The molecular weight excluding hydrogens is 346 g/mol. The zero-order valence-electron chi connectivity index (χ0n) is 14.2. The van der Waals surface area contributed by atoms with Gasteiger partial charge in [-0.2, -0.15) is 0 Å². The van der Waals surface area contributed by atoms with Crippen molar-refractivity contribution >= 4 is 28.2 Å². The Hall–Kier alpha value is -2.80. The van der Waals surface area contributed by atoms with Gasteiger partial charge in [-0.25, -0.2) is 4.98 Å². The highest BCUT2D eigenvalue weighted by Gasteiger charge is 2.23. The number of nitrogens with zero attached hydrogens (tertiary/aromatic N) is 4. The molecule has 0 saturated carbocycles. The molecule has 26 heavy (non-hydrogen) atoms. The van der Waals surface area contributed by atoms with Gasteiger partial charge in [0.2, 0.25) is 5.13 Å². The van der Waals surface area contributed by atoms with Gasteiger partial charge in [0.05, 0.1) is 5.56 Å². The molecule has 1 aliphatic heterocycles. The van der Waals surface area contributed by atoms with Gasteiger partial charge in [0.25, 0.3) is 5.91 Å². The van der Waals surface area contributed by atoms with E-state index < -0.39 is 0 Å². The van der Waals surface area contributed by atoms with Crippen molar-refractivity contribution in [3.8, 4) is 0 Å². The van der Waals surface area contributed by atoms with Crippen LogP contribution < -0.4 is 10.2 Å². The normalized spacial score (nSPS) is 16.6. The lowest BCUT2D eigenvalue weighted by Crippen LogP contribution is -2.21. The predicted molar refractivity (Wildman–Crippen MR) is 103 cm³/mol. The molecule has 6 nitrogen and oxygen atoms in total. The van der Waals surface area contributed by atoms with Crippen molar-refractivity contribution in [2.45, 2.75) is 12.8 Å². The lowest BCUT2D eigenvalue weighted by atomic mass is 9.99. The Kier molecular flexibility index (Phi) is 4.88. The van der Waals surface area contributed by atoms with Crippen LogP contribution in [0.2, 0.25) is 0 Å². The molecular formula is C19H19N5OS. The van der Waals surface area contributed by atoms with Crippen LogP contribution in [0.3, 0.4) is 0 Å². The number of pyridine rings is 1. The van der Waals surface area contributed by atoms with Crippen molar-refractivity contribution in [2.75, 3.05) is 23.3 Å². The summed E-state index contributed by atoms with van der Waals surface area (Å²) in [6, 6.07) is 14.3. The number of amides is 1. The van der Waals surface area contributed by atoms with Gasteiger partial charge >= 0.3 is 0 Å². The number of nitrogens with one attached hydrogen (secondary N) is 1. The molecule has 132 valence electrons. The molecule has 1 aromatic carbocycles. The number of hydrogen-bond acceptors (Lipinski definition) is 6. The van der Waals surface area contributed by atoms with Crippen LogP contribution in [-0.4, -0.2) is 34.2 Å². The zero-order chi connectivity index (χ0) is 17.8. The Balaban J connectivity index is 1.36. The summed E-state index contributed by atoms with van der Waals surface area (Å²) in [5.74, 6) is 1.34. The van der Waals surface area contributed by atoms with Gasteiger partial charge in [0.15, 0.2) is 0 Å². The largest absolute Gasteiger partial charge is 0.356 e. The molecule has 2 aromatic heterocycles. The van der Waals surface area contributed by atoms with Gasteiger partial charge in [-0.3, -0.25) is 10.1 Å². The third kappa shape index (κ3) is 3.88. The van der Waals surface area contributed by atoms with E-state index in [0.717, 1.165) is 31.7 Å². The SMILES string of the molecule is O=C(Nc1nncs1)c1ccc(N2CCC(Cc3ccccc3)C2)nc1. The molecule has 3 aromatic rings. The van der Waals surface area contributed by atoms with E-state index in [1.165, 1.54) is 16.9 Å². The molecule has 1 N–H and O–H groups in total. The summed E-state index contributed by atoms with van der Waals surface area (Å²) in [5.41, 5.74) is 3.48. The summed E-state index contributed by atoms with van der Waals surface area (Å²) in [6.07, 6.45) is 3.88. The number of carbonyl (C=O) groups is 1. The van der Waals surface area contributed by atoms with Crippen LogP contribution in [0.4, 0.5) is 10.9 Å². The quantitative estimate of drug-likeness (QED) is 0.751. The van der Waals surface area contributed by atoms with Crippen LogP contribution in [0, 0.1) is 5.92 Å². The van der Waals surface area contributed by atoms with Gasteiger partial charge in [-0.1, -0.05) is 41.7 Å². The van der Waals surface area contributed by atoms with E-state index in [2.05, 4.69) is 55.7 Å². The highest BCUT2D eigenvalue weighted by atomic mass is 32.1. The maximum absolute atomic E-state index is 12.2. The van der Waals surface area contributed by atoms with E-state index in [-0.39, 0.29) is 5.91 Å². The highest BCUT2D eigenvalue weighted by Crippen LogP contribution is 2.25. The van der Waals surface area contributed by atoms with Gasteiger partial charge in [-0.15, -0.1) is 10.2 Å². The van der Waals surface area contributed by atoms with Crippen molar-refractivity contribution in [2.24, 2.45) is 5.92 Å². The molecule has 0 aliphatic carbocycles. The second kappa shape index (κ2) is 7.61. The maximum atomic E-state index is 12.2. The first-order chi connectivity index (χ1) is 12.8. The molecule has 7 heteroatoms. The molecule has 0 bridgehead atoms. The van der Waals surface area contributed by atoms with Crippen molar-refractivity contribution in [3.63, 3.8) is 0 Å². The van der Waals surface area contributed by atoms with Crippen molar-refractivity contribution in [1.82, 2.24) is 15.2 Å². The number of aromatic nitrogens is 3. The number of carbonyl (C=O) groups excluding carboxylic acids is 1. The first-order valence-electron chi connectivity index (χ1n) is 8.60. The molecule has 1 saturated heterocycles. The fourth-order valence-corrected chi connectivity index (χ4v) is 3.70.